The Morgan fingerprint density at radius 3 is 2.66 bits per heavy atom. The van der Waals surface area contributed by atoms with Crippen LogP contribution < -0.4 is 9.64 Å². The number of nitrogens with zero attached hydrogens (tertiary/aromatic N) is 4. The summed E-state index contributed by atoms with van der Waals surface area (Å²) in [4.78, 5) is 21.5. The number of rotatable bonds is 4. The van der Waals surface area contributed by atoms with Crippen LogP contribution in [-0.4, -0.2) is 47.3 Å². The number of piperidine rings is 1. The van der Waals surface area contributed by atoms with Gasteiger partial charge in [-0.15, -0.1) is 0 Å². The fraction of sp³-hybridized carbons (Fsp3) is 0.435. The molecule has 1 amide bonds. The van der Waals surface area contributed by atoms with E-state index in [1.165, 1.54) is 12.3 Å². The van der Waals surface area contributed by atoms with E-state index >= 15 is 0 Å². The zero-order valence-electron chi connectivity index (χ0n) is 17.3. The molecule has 1 aromatic heterocycles. The fourth-order valence-electron chi connectivity index (χ4n) is 5.02. The Morgan fingerprint density at radius 2 is 1.97 bits per heavy atom. The van der Waals surface area contributed by atoms with E-state index in [4.69, 9.17) is 10.00 Å². The van der Waals surface area contributed by atoms with E-state index in [0.29, 0.717) is 31.7 Å². The average Bonchev–Trinajstić information content (AvgIpc) is 3.32. The van der Waals surface area contributed by atoms with Gasteiger partial charge in [-0.3, -0.25) is 4.79 Å². The third-order valence-corrected chi connectivity index (χ3v) is 6.59. The molecule has 0 saturated carbocycles. The van der Waals surface area contributed by atoms with Crippen LogP contribution in [0.4, 0.5) is 14.6 Å². The number of carbonyl (C=O) groups is 1. The summed E-state index contributed by atoms with van der Waals surface area (Å²) in [5.41, 5.74) is 0.211. The first-order chi connectivity index (χ1) is 15.5. The summed E-state index contributed by atoms with van der Waals surface area (Å²) in [7, 11) is 0. The van der Waals surface area contributed by atoms with E-state index in [-0.39, 0.29) is 29.5 Å². The van der Waals surface area contributed by atoms with Gasteiger partial charge in [0.15, 0.2) is 5.60 Å². The van der Waals surface area contributed by atoms with Crippen LogP contribution in [0.3, 0.4) is 0 Å². The molecule has 3 aliphatic heterocycles. The van der Waals surface area contributed by atoms with Gasteiger partial charge in [0, 0.05) is 32.0 Å². The second kappa shape index (κ2) is 8.02. The Morgan fingerprint density at radius 1 is 1.22 bits per heavy atom. The number of alkyl halides is 2. The van der Waals surface area contributed by atoms with Crippen LogP contribution in [0.2, 0.25) is 0 Å². The standard InChI is InChI=1S/C23H22F2N4O3/c24-22(25)31-18-12-19(27-14-16(18)13-26)28-10-8-23(9-11-28)21(30)29-17(6-7-20(29)32-23)15-4-2-1-3-5-15/h1-5,12,14,17,20,22H,6-11H2/t17-,20+/m0/s1. The van der Waals surface area contributed by atoms with Crippen LogP contribution in [0.5, 0.6) is 5.75 Å². The molecule has 2 atom stereocenters. The minimum Gasteiger partial charge on any atom is -0.433 e. The largest absolute Gasteiger partial charge is 0.433 e. The third kappa shape index (κ3) is 3.45. The second-order valence-electron chi connectivity index (χ2n) is 8.30. The SMILES string of the molecule is N#Cc1cnc(N2CCC3(CC2)O[C@@H]2CC[C@@H](c4ccccc4)N2C3=O)cc1OC(F)F. The number of pyridine rings is 1. The molecule has 3 saturated heterocycles. The minimum absolute atomic E-state index is 0.0281. The molecule has 7 nitrogen and oxygen atoms in total. The molecule has 0 aliphatic carbocycles. The molecule has 0 N–H and O–H groups in total. The van der Waals surface area contributed by atoms with E-state index in [1.807, 2.05) is 46.2 Å². The maximum Gasteiger partial charge on any atom is 0.387 e. The lowest BCUT2D eigenvalue weighted by Gasteiger charge is -2.38. The van der Waals surface area contributed by atoms with Crippen molar-refractivity contribution in [1.82, 2.24) is 9.88 Å². The van der Waals surface area contributed by atoms with Gasteiger partial charge in [-0.25, -0.2) is 4.98 Å². The summed E-state index contributed by atoms with van der Waals surface area (Å²) in [5.74, 6) is 0.262. The molecule has 32 heavy (non-hydrogen) atoms. The van der Waals surface area contributed by atoms with Crippen molar-refractivity contribution in [3.05, 3.63) is 53.7 Å². The number of amides is 1. The van der Waals surface area contributed by atoms with Gasteiger partial charge in [-0.05, 0) is 18.4 Å². The van der Waals surface area contributed by atoms with Crippen molar-refractivity contribution in [3.63, 3.8) is 0 Å². The highest BCUT2D eigenvalue weighted by Crippen LogP contribution is 2.47. The number of aromatic nitrogens is 1. The Hall–Kier alpha value is -3.25. The highest BCUT2D eigenvalue weighted by Gasteiger charge is 2.57. The van der Waals surface area contributed by atoms with Gasteiger partial charge in [0.2, 0.25) is 0 Å². The molecule has 9 heteroatoms. The molecule has 0 radical (unpaired) electrons. The molecule has 0 bridgehead atoms. The summed E-state index contributed by atoms with van der Waals surface area (Å²) in [5, 5.41) is 9.10. The number of hydrogen-bond acceptors (Lipinski definition) is 6. The lowest BCUT2D eigenvalue weighted by molar-refractivity contribution is -0.140. The molecule has 0 unspecified atom stereocenters. The van der Waals surface area contributed by atoms with Crippen molar-refractivity contribution in [3.8, 4) is 11.8 Å². The van der Waals surface area contributed by atoms with Crippen LogP contribution in [0.25, 0.3) is 0 Å². The molecular formula is C23H22F2N4O3. The van der Waals surface area contributed by atoms with E-state index in [0.717, 1.165) is 18.4 Å². The molecule has 3 fully saturated rings. The van der Waals surface area contributed by atoms with Crippen molar-refractivity contribution >= 4 is 11.7 Å². The van der Waals surface area contributed by atoms with E-state index < -0.39 is 12.2 Å². The Balaban J connectivity index is 1.31. The Kier molecular flexibility index (Phi) is 5.18. The van der Waals surface area contributed by atoms with Crippen LogP contribution in [-0.2, 0) is 9.53 Å². The number of benzene rings is 1. The van der Waals surface area contributed by atoms with Crippen molar-refractivity contribution in [2.24, 2.45) is 0 Å². The first-order valence-corrected chi connectivity index (χ1v) is 10.7. The predicted octanol–water partition coefficient (Wildman–Crippen LogP) is 3.61. The first-order valence-electron chi connectivity index (χ1n) is 10.7. The zero-order chi connectivity index (χ0) is 22.3. The number of fused-ring (bicyclic) bond motifs is 1. The molecule has 166 valence electrons. The Labute approximate surface area is 184 Å². The number of nitriles is 1. The maximum absolute atomic E-state index is 13.5. The van der Waals surface area contributed by atoms with Gasteiger partial charge in [0.05, 0.1) is 12.2 Å². The topological polar surface area (TPSA) is 78.7 Å². The average molecular weight is 440 g/mol. The van der Waals surface area contributed by atoms with E-state index in [9.17, 15) is 13.6 Å². The third-order valence-electron chi connectivity index (χ3n) is 6.59. The fourth-order valence-corrected chi connectivity index (χ4v) is 5.02. The van der Waals surface area contributed by atoms with Crippen molar-refractivity contribution < 1.29 is 23.0 Å². The summed E-state index contributed by atoms with van der Waals surface area (Å²) >= 11 is 0. The lowest BCUT2D eigenvalue weighted by Crippen LogP contribution is -2.50. The molecular weight excluding hydrogens is 418 g/mol. The quantitative estimate of drug-likeness (QED) is 0.723. The number of ether oxygens (including phenoxy) is 2. The number of hydrogen-bond donors (Lipinski definition) is 0. The maximum atomic E-state index is 13.5. The monoisotopic (exact) mass is 440 g/mol. The van der Waals surface area contributed by atoms with Crippen LogP contribution in [0, 0.1) is 11.3 Å². The van der Waals surface area contributed by atoms with Gasteiger partial charge in [-0.2, -0.15) is 14.0 Å². The number of anilines is 1. The minimum atomic E-state index is -3.03. The zero-order valence-corrected chi connectivity index (χ0v) is 17.3. The van der Waals surface area contributed by atoms with Crippen molar-refractivity contribution in [1.29, 1.82) is 5.26 Å². The molecule has 2 aromatic rings. The highest BCUT2D eigenvalue weighted by atomic mass is 19.3. The molecule has 1 spiro atoms. The summed E-state index contributed by atoms with van der Waals surface area (Å²) < 4.78 is 36.2. The van der Waals surface area contributed by atoms with Crippen molar-refractivity contribution in [2.75, 3.05) is 18.0 Å². The number of halogens is 2. The summed E-state index contributed by atoms with van der Waals surface area (Å²) in [6.45, 7) is -2.07. The lowest BCUT2D eigenvalue weighted by atomic mass is 9.89. The van der Waals surface area contributed by atoms with Crippen LogP contribution in [0.1, 0.15) is 42.9 Å². The number of carbonyl (C=O) groups excluding carboxylic acids is 1. The first kappa shape index (κ1) is 20.6. The van der Waals surface area contributed by atoms with Crippen LogP contribution in [0.15, 0.2) is 42.6 Å². The van der Waals surface area contributed by atoms with E-state index in [1.54, 1.807) is 0 Å². The van der Waals surface area contributed by atoms with Crippen LogP contribution >= 0.6 is 0 Å². The second-order valence-corrected chi connectivity index (χ2v) is 8.30. The highest BCUT2D eigenvalue weighted by molar-refractivity contribution is 5.88. The summed E-state index contributed by atoms with van der Waals surface area (Å²) in [6, 6.07) is 13.2. The van der Waals surface area contributed by atoms with E-state index in [2.05, 4.69) is 9.72 Å². The van der Waals surface area contributed by atoms with Gasteiger partial charge < -0.3 is 19.3 Å². The normalized spacial score (nSPS) is 24.1. The van der Waals surface area contributed by atoms with Gasteiger partial charge in [-0.1, -0.05) is 30.3 Å². The predicted molar refractivity (Wildman–Crippen MR) is 110 cm³/mol. The van der Waals surface area contributed by atoms with Gasteiger partial charge >= 0.3 is 6.61 Å². The van der Waals surface area contributed by atoms with Gasteiger partial charge in [0.25, 0.3) is 5.91 Å². The smallest absolute Gasteiger partial charge is 0.387 e. The molecule has 5 rings (SSSR count). The molecule has 4 heterocycles. The Bertz CT molecular complexity index is 1050. The van der Waals surface area contributed by atoms with Gasteiger partial charge in [0.1, 0.15) is 29.4 Å². The van der Waals surface area contributed by atoms with Crippen molar-refractivity contribution in [2.45, 2.75) is 50.2 Å². The molecule has 1 aromatic carbocycles. The molecule has 3 aliphatic rings. The summed E-state index contributed by atoms with van der Waals surface area (Å²) in [6.07, 6.45) is 3.67.